The molecule has 0 spiro atoms. The maximum atomic E-state index is 13.2. The van der Waals surface area contributed by atoms with E-state index in [4.69, 9.17) is 15.6 Å². The summed E-state index contributed by atoms with van der Waals surface area (Å²) in [6.07, 6.45) is -1.66. The van der Waals surface area contributed by atoms with Crippen LogP contribution in [0.15, 0.2) is 15.8 Å². The number of nitrogens with zero attached hydrogens (tertiary/aromatic N) is 1. The average molecular weight is 275 g/mol. The molecule has 0 aromatic carbocycles. The highest BCUT2D eigenvalue weighted by atomic mass is 19.1. The Morgan fingerprint density at radius 2 is 2.26 bits per heavy atom. The largest absolute Gasteiger partial charge is 0.392 e. The predicted octanol–water partition coefficient (Wildman–Crippen LogP) is -2.15. The van der Waals surface area contributed by atoms with E-state index in [9.17, 15) is 19.1 Å². The first-order chi connectivity index (χ1) is 8.80. The number of aromatic nitrogens is 2. The van der Waals surface area contributed by atoms with Crippen LogP contribution in [0.3, 0.4) is 0 Å². The summed E-state index contributed by atoms with van der Waals surface area (Å²) in [5, 5.41) is 19.0. The Balaban J connectivity index is 2.47. The summed E-state index contributed by atoms with van der Waals surface area (Å²) in [5.41, 5.74) is 1.86. The summed E-state index contributed by atoms with van der Waals surface area (Å²) in [4.78, 5) is 24.3. The number of nitrogens with one attached hydrogen (secondary N) is 1. The lowest BCUT2D eigenvalue weighted by atomic mass is 9.98. The molecule has 1 saturated heterocycles. The van der Waals surface area contributed by atoms with Crippen molar-refractivity contribution < 1.29 is 19.3 Å². The van der Waals surface area contributed by atoms with Gasteiger partial charge in [-0.15, -0.1) is 0 Å². The highest BCUT2D eigenvalue weighted by molar-refractivity contribution is 4.97. The molecule has 2 rings (SSSR count). The van der Waals surface area contributed by atoms with Crippen molar-refractivity contribution in [1.82, 2.24) is 9.55 Å². The summed E-state index contributed by atoms with van der Waals surface area (Å²) >= 11 is 0. The Morgan fingerprint density at radius 1 is 1.63 bits per heavy atom. The Hall–Kier alpha value is -1.55. The first-order valence-electron chi connectivity index (χ1n) is 5.57. The number of aromatic amines is 1. The first-order valence-corrected chi connectivity index (χ1v) is 5.57. The molecule has 1 fully saturated rings. The van der Waals surface area contributed by atoms with Crippen molar-refractivity contribution in [3.05, 3.63) is 32.9 Å². The lowest BCUT2D eigenvalue weighted by Crippen LogP contribution is -2.52. The van der Waals surface area contributed by atoms with Crippen LogP contribution in [0.25, 0.3) is 0 Å². The van der Waals surface area contributed by atoms with Crippen LogP contribution in [0.5, 0.6) is 0 Å². The Kier molecular flexibility index (Phi) is 3.31. The minimum absolute atomic E-state index is 0.671. The van der Waals surface area contributed by atoms with Crippen LogP contribution in [0.4, 0.5) is 4.39 Å². The van der Waals surface area contributed by atoms with E-state index in [0.717, 1.165) is 4.57 Å². The quantitative estimate of drug-likeness (QED) is 0.486. The molecule has 19 heavy (non-hydrogen) atoms. The van der Waals surface area contributed by atoms with E-state index >= 15 is 0 Å². The monoisotopic (exact) mass is 275 g/mol. The molecule has 9 heteroatoms. The van der Waals surface area contributed by atoms with Gasteiger partial charge in [-0.3, -0.25) is 20.1 Å². The molecule has 0 saturated carbocycles. The van der Waals surface area contributed by atoms with Crippen molar-refractivity contribution in [1.29, 1.82) is 0 Å². The number of rotatable bonds is 2. The van der Waals surface area contributed by atoms with E-state index in [1.165, 1.54) is 6.92 Å². The average Bonchev–Trinajstić information content (AvgIpc) is 2.59. The molecule has 1 aromatic heterocycles. The minimum atomic E-state index is -1.74. The van der Waals surface area contributed by atoms with Gasteiger partial charge >= 0.3 is 5.69 Å². The van der Waals surface area contributed by atoms with Crippen LogP contribution in [0.1, 0.15) is 13.2 Å². The third-order valence-electron chi connectivity index (χ3n) is 3.23. The van der Waals surface area contributed by atoms with Crippen molar-refractivity contribution in [2.24, 2.45) is 11.7 Å². The minimum Gasteiger partial charge on any atom is -0.392 e. The third-order valence-corrected chi connectivity index (χ3v) is 3.23. The number of aliphatic hydroxyl groups excluding tert-OH is 2. The van der Waals surface area contributed by atoms with Gasteiger partial charge < -0.3 is 14.9 Å². The van der Waals surface area contributed by atoms with Crippen molar-refractivity contribution in [3.8, 4) is 0 Å². The number of H-pyrrole nitrogens is 1. The van der Waals surface area contributed by atoms with E-state index in [2.05, 4.69) is 0 Å². The third kappa shape index (κ3) is 2.10. The predicted molar refractivity (Wildman–Crippen MR) is 60.6 cm³/mol. The standard InChI is InChI=1S/C10H14FN3O5/c1-4-6(16)10(12,3-15)19-8(4)14-2-5(11)7(17)13-9(14)18/h2,4,6,8,15-16H,3,12H2,1H3,(H,13,17,18). The number of hydrogen-bond donors (Lipinski definition) is 4. The molecule has 0 radical (unpaired) electrons. The molecule has 106 valence electrons. The SMILES string of the molecule is CC1C(n2cc(F)c(=O)[nH]c2=O)OC(N)(CO)C1O. The molecule has 8 nitrogen and oxygen atoms in total. The molecule has 4 atom stereocenters. The fourth-order valence-electron chi connectivity index (χ4n) is 2.09. The second-order valence-corrected chi connectivity index (χ2v) is 4.57. The molecular weight excluding hydrogens is 261 g/mol. The lowest BCUT2D eigenvalue weighted by molar-refractivity contribution is -0.125. The number of ether oxygens (including phenoxy) is 1. The van der Waals surface area contributed by atoms with Crippen molar-refractivity contribution in [3.63, 3.8) is 0 Å². The Labute approximate surface area is 106 Å². The Morgan fingerprint density at radius 3 is 2.79 bits per heavy atom. The molecule has 1 aliphatic heterocycles. The van der Waals surface area contributed by atoms with Crippen molar-refractivity contribution in [2.75, 3.05) is 6.61 Å². The van der Waals surface area contributed by atoms with Crippen LogP contribution in [0, 0.1) is 11.7 Å². The van der Waals surface area contributed by atoms with Gasteiger partial charge in [0.2, 0.25) is 5.82 Å². The smallest absolute Gasteiger partial charge is 0.330 e. The zero-order valence-corrected chi connectivity index (χ0v) is 10.0. The van der Waals surface area contributed by atoms with E-state index < -0.39 is 47.6 Å². The number of hydrogen-bond acceptors (Lipinski definition) is 6. The summed E-state index contributed by atoms with van der Waals surface area (Å²) < 4.78 is 19.2. The fraction of sp³-hybridized carbons (Fsp3) is 0.600. The van der Waals surface area contributed by atoms with Crippen LogP contribution in [-0.2, 0) is 4.74 Å². The summed E-state index contributed by atoms with van der Waals surface area (Å²) in [5.74, 6) is -1.84. The number of halogens is 1. The molecule has 0 bridgehead atoms. The highest BCUT2D eigenvalue weighted by Crippen LogP contribution is 2.37. The number of nitrogens with two attached hydrogens (primary N) is 1. The maximum absolute atomic E-state index is 13.2. The molecule has 2 heterocycles. The zero-order chi connectivity index (χ0) is 14.4. The van der Waals surface area contributed by atoms with Crippen LogP contribution >= 0.6 is 0 Å². The second-order valence-electron chi connectivity index (χ2n) is 4.57. The van der Waals surface area contributed by atoms with Crippen molar-refractivity contribution >= 4 is 0 Å². The number of aliphatic hydroxyl groups is 2. The second kappa shape index (κ2) is 4.53. The van der Waals surface area contributed by atoms with Crippen molar-refractivity contribution in [2.45, 2.75) is 25.0 Å². The van der Waals surface area contributed by atoms with E-state index in [1.54, 1.807) is 4.98 Å². The molecule has 5 N–H and O–H groups in total. The summed E-state index contributed by atoms with van der Waals surface area (Å²) in [6.45, 7) is 0.852. The van der Waals surface area contributed by atoms with Gasteiger partial charge in [-0.05, 0) is 0 Å². The van der Waals surface area contributed by atoms with E-state index in [1.807, 2.05) is 0 Å². The van der Waals surface area contributed by atoms with Gasteiger partial charge in [0.1, 0.15) is 12.3 Å². The van der Waals surface area contributed by atoms with Gasteiger partial charge in [0.15, 0.2) is 5.72 Å². The van der Waals surface area contributed by atoms with Gasteiger partial charge in [-0.2, -0.15) is 4.39 Å². The molecule has 0 aliphatic carbocycles. The zero-order valence-electron chi connectivity index (χ0n) is 10.0. The maximum Gasteiger partial charge on any atom is 0.330 e. The molecule has 4 unspecified atom stereocenters. The van der Waals surface area contributed by atoms with E-state index in [-0.39, 0.29) is 0 Å². The Bertz CT molecular complexity index is 600. The van der Waals surface area contributed by atoms with Crippen LogP contribution in [-0.4, -0.2) is 38.2 Å². The van der Waals surface area contributed by atoms with Gasteiger partial charge in [0.05, 0.1) is 12.8 Å². The fourth-order valence-corrected chi connectivity index (χ4v) is 2.09. The van der Waals surface area contributed by atoms with Gasteiger partial charge in [0, 0.05) is 5.92 Å². The normalized spacial score (nSPS) is 34.7. The van der Waals surface area contributed by atoms with Gasteiger partial charge in [-0.1, -0.05) is 6.92 Å². The lowest BCUT2D eigenvalue weighted by Gasteiger charge is -2.24. The van der Waals surface area contributed by atoms with Gasteiger partial charge in [0.25, 0.3) is 5.56 Å². The summed E-state index contributed by atoms with van der Waals surface area (Å²) in [7, 11) is 0. The van der Waals surface area contributed by atoms with E-state index in [0.29, 0.717) is 6.20 Å². The molecule has 1 aromatic rings. The molecule has 0 amide bonds. The molecular formula is C10H14FN3O5. The highest BCUT2D eigenvalue weighted by Gasteiger charge is 2.51. The first kappa shape index (κ1) is 13.9. The van der Waals surface area contributed by atoms with Crippen LogP contribution in [0.2, 0.25) is 0 Å². The van der Waals surface area contributed by atoms with Crippen LogP contribution < -0.4 is 17.0 Å². The molecule has 1 aliphatic rings. The van der Waals surface area contributed by atoms with Gasteiger partial charge in [-0.25, -0.2) is 4.79 Å². The topological polar surface area (TPSA) is 131 Å². The summed E-state index contributed by atoms with van der Waals surface area (Å²) in [6, 6.07) is 0.